The summed E-state index contributed by atoms with van der Waals surface area (Å²) in [6, 6.07) is 7.39. The summed E-state index contributed by atoms with van der Waals surface area (Å²) in [5.41, 5.74) is 0.694. The molecule has 0 fully saturated rings. The van der Waals surface area contributed by atoms with E-state index >= 15 is 0 Å². The molecule has 0 radical (unpaired) electrons. The number of halogens is 1. The first-order chi connectivity index (χ1) is 7.83. The topological polar surface area (TPSA) is 38.3 Å². The van der Waals surface area contributed by atoms with Gasteiger partial charge in [0.15, 0.2) is 5.78 Å². The van der Waals surface area contributed by atoms with E-state index in [9.17, 15) is 4.79 Å². The molecule has 3 nitrogen and oxygen atoms in total. The fraction of sp³-hybridized carbons (Fsp3) is 0.308. The lowest BCUT2D eigenvalue weighted by Gasteiger charge is -2.23. The average Bonchev–Trinajstić information content (AvgIpc) is 2.33. The number of benzene rings is 1. The van der Waals surface area contributed by atoms with Crippen molar-refractivity contribution < 1.29 is 9.53 Å². The minimum Gasteiger partial charge on any atom is -0.492 e. The second-order valence-electron chi connectivity index (χ2n) is 3.82. The van der Waals surface area contributed by atoms with Crippen molar-refractivity contribution in [3.8, 4) is 5.75 Å². The van der Waals surface area contributed by atoms with Crippen molar-refractivity contribution in [3.05, 3.63) is 42.5 Å². The Morgan fingerprint density at radius 1 is 1.47 bits per heavy atom. The Balaban J connectivity index is 0.00000144. The maximum atomic E-state index is 12.1. The van der Waals surface area contributed by atoms with Crippen molar-refractivity contribution in [1.29, 1.82) is 0 Å². The fourth-order valence-corrected chi connectivity index (χ4v) is 1.79. The highest BCUT2D eigenvalue weighted by Gasteiger charge is 2.27. The van der Waals surface area contributed by atoms with Crippen molar-refractivity contribution in [1.82, 2.24) is 5.32 Å². The molecule has 1 aliphatic rings. The third-order valence-electron chi connectivity index (χ3n) is 2.64. The zero-order valence-electron chi connectivity index (χ0n) is 9.52. The van der Waals surface area contributed by atoms with Crippen molar-refractivity contribution in [3.63, 3.8) is 0 Å². The van der Waals surface area contributed by atoms with E-state index in [4.69, 9.17) is 4.74 Å². The van der Waals surface area contributed by atoms with Gasteiger partial charge in [0.25, 0.3) is 0 Å². The molecule has 0 bridgehead atoms. The van der Waals surface area contributed by atoms with Crippen LogP contribution in [0.1, 0.15) is 10.4 Å². The fourth-order valence-electron chi connectivity index (χ4n) is 1.79. The van der Waals surface area contributed by atoms with Gasteiger partial charge in [-0.05, 0) is 12.1 Å². The van der Waals surface area contributed by atoms with Gasteiger partial charge >= 0.3 is 0 Å². The number of ketones is 1. The monoisotopic (exact) mass is 253 g/mol. The van der Waals surface area contributed by atoms with E-state index in [1.807, 2.05) is 24.3 Å². The summed E-state index contributed by atoms with van der Waals surface area (Å²) in [5, 5.41) is 3.15. The van der Waals surface area contributed by atoms with Gasteiger partial charge in [0.2, 0.25) is 0 Å². The van der Waals surface area contributed by atoms with Crippen LogP contribution in [0.4, 0.5) is 0 Å². The summed E-state index contributed by atoms with van der Waals surface area (Å²) in [6.45, 7) is 5.43. The Morgan fingerprint density at radius 2 is 2.24 bits per heavy atom. The van der Waals surface area contributed by atoms with Gasteiger partial charge in [-0.15, -0.1) is 19.0 Å². The highest BCUT2D eigenvalue weighted by molar-refractivity contribution is 6.01. The van der Waals surface area contributed by atoms with E-state index in [-0.39, 0.29) is 24.1 Å². The molecule has 1 aliphatic heterocycles. The van der Waals surface area contributed by atoms with Gasteiger partial charge in [-0.1, -0.05) is 18.2 Å². The number of carbonyl (C=O) groups excluding carboxylic acids is 1. The minimum atomic E-state index is -0.0881. The smallest absolute Gasteiger partial charge is 0.174 e. The molecule has 0 saturated carbocycles. The van der Waals surface area contributed by atoms with Gasteiger partial charge in [-0.3, -0.25) is 4.79 Å². The number of para-hydroxylation sites is 1. The first kappa shape index (κ1) is 13.7. The molecule has 4 heteroatoms. The molecule has 0 saturated heterocycles. The van der Waals surface area contributed by atoms with Crippen molar-refractivity contribution >= 4 is 18.2 Å². The molecule has 0 amide bonds. The van der Waals surface area contributed by atoms with E-state index in [1.165, 1.54) is 0 Å². The number of rotatable bonds is 4. The number of carbonyl (C=O) groups is 1. The van der Waals surface area contributed by atoms with Gasteiger partial charge in [0.1, 0.15) is 5.75 Å². The standard InChI is InChI=1S/C13H15NO2.ClH/c1-2-7-14-8-10-9-16-12-6-4-3-5-11(12)13(10)15;/h2-6,10,14H,1,7-9H2;1H. The van der Waals surface area contributed by atoms with Gasteiger partial charge in [0.05, 0.1) is 18.1 Å². The van der Waals surface area contributed by atoms with Gasteiger partial charge < -0.3 is 10.1 Å². The Labute approximate surface area is 107 Å². The molecule has 92 valence electrons. The lowest BCUT2D eigenvalue weighted by atomic mass is 9.95. The van der Waals surface area contributed by atoms with Crippen LogP contribution >= 0.6 is 12.4 Å². The quantitative estimate of drug-likeness (QED) is 0.660. The largest absolute Gasteiger partial charge is 0.492 e. The number of fused-ring (bicyclic) bond motifs is 1. The summed E-state index contributed by atoms with van der Waals surface area (Å²) in [5.74, 6) is 0.778. The molecule has 1 aromatic rings. The molecular formula is C13H16ClNO2. The summed E-state index contributed by atoms with van der Waals surface area (Å²) < 4.78 is 5.55. The lowest BCUT2D eigenvalue weighted by Crippen LogP contribution is -2.36. The number of hydrogen-bond donors (Lipinski definition) is 1. The van der Waals surface area contributed by atoms with Crippen molar-refractivity contribution in [2.75, 3.05) is 19.7 Å². The Kier molecular flexibility index (Phi) is 5.19. The molecule has 0 spiro atoms. The summed E-state index contributed by atoms with van der Waals surface area (Å²) in [7, 11) is 0. The normalized spacial score (nSPS) is 17.6. The van der Waals surface area contributed by atoms with Crippen LogP contribution in [0.3, 0.4) is 0 Å². The van der Waals surface area contributed by atoms with Crippen LogP contribution in [0.15, 0.2) is 36.9 Å². The second kappa shape index (κ2) is 6.42. The molecule has 0 aromatic heterocycles. The minimum absolute atomic E-state index is 0. The van der Waals surface area contributed by atoms with E-state index < -0.39 is 0 Å². The summed E-state index contributed by atoms with van der Waals surface area (Å²) in [6.07, 6.45) is 1.78. The third-order valence-corrected chi connectivity index (χ3v) is 2.64. The van der Waals surface area contributed by atoms with Crippen LogP contribution in [0.2, 0.25) is 0 Å². The Bertz CT molecular complexity index is 406. The highest BCUT2D eigenvalue weighted by atomic mass is 35.5. The van der Waals surface area contributed by atoms with Gasteiger partial charge in [0, 0.05) is 13.1 Å². The molecule has 1 N–H and O–H groups in total. The van der Waals surface area contributed by atoms with E-state index in [0.717, 1.165) is 0 Å². The Hall–Kier alpha value is -1.32. The molecule has 1 heterocycles. The number of nitrogens with one attached hydrogen (secondary N) is 1. The maximum Gasteiger partial charge on any atom is 0.174 e. The molecule has 1 aromatic carbocycles. The molecule has 17 heavy (non-hydrogen) atoms. The average molecular weight is 254 g/mol. The molecule has 1 unspecified atom stereocenters. The zero-order valence-corrected chi connectivity index (χ0v) is 10.3. The number of ether oxygens (including phenoxy) is 1. The van der Waals surface area contributed by atoms with Crippen LogP contribution in [0.5, 0.6) is 5.75 Å². The van der Waals surface area contributed by atoms with Gasteiger partial charge in [-0.25, -0.2) is 0 Å². The predicted octanol–water partition coefficient (Wildman–Crippen LogP) is 2.08. The van der Waals surface area contributed by atoms with Crippen LogP contribution in [0.25, 0.3) is 0 Å². The second-order valence-corrected chi connectivity index (χ2v) is 3.82. The molecular weight excluding hydrogens is 238 g/mol. The summed E-state index contributed by atoms with van der Waals surface area (Å²) in [4.78, 5) is 12.1. The zero-order chi connectivity index (χ0) is 11.4. The van der Waals surface area contributed by atoms with Crippen LogP contribution < -0.4 is 10.1 Å². The van der Waals surface area contributed by atoms with E-state index in [0.29, 0.717) is 31.0 Å². The van der Waals surface area contributed by atoms with Crippen molar-refractivity contribution in [2.24, 2.45) is 5.92 Å². The number of Topliss-reactive ketones (excluding diaryl/α,β-unsaturated/α-hetero) is 1. The first-order valence-corrected chi connectivity index (χ1v) is 5.40. The number of hydrogen-bond acceptors (Lipinski definition) is 3. The molecule has 0 aliphatic carbocycles. The maximum absolute atomic E-state index is 12.1. The van der Waals surface area contributed by atoms with E-state index in [1.54, 1.807) is 6.08 Å². The predicted molar refractivity (Wildman–Crippen MR) is 70.1 cm³/mol. The van der Waals surface area contributed by atoms with Crippen LogP contribution in [-0.2, 0) is 0 Å². The molecule has 1 atom stereocenters. The van der Waals surface area contributed by atoms with Crippen molar-refractivity contribution in [2.45, 2.75) is 0 Å². The third kappa shape index (κ3) is 3.08. The summed E-state index contributed by atoms with van der Waals surface area (Å²) >= 11 is 0. The molecule has 2 rings (SSSR count). The van der Waals surface area contributed by atoms with Crippen LogP contribution in [0, 0.1) is 5.92 Å². The first-order valence-electron chi connectivity index (χ1n) is 5.40. The Morgan fingerprint density at radius 3 is 3.00 bits per heavy atom. The lowest BCUT2D eigenvalue weighted by molar-refractivity contribution is 0.0831. The highest BCUT2D eigenvalue weighted by Crippen LogP contribution is 2.26. The SMILES string of the molecule is C=CCNCC1COc2ccccc2C1=O.Cl. The van der Waals surface area contributed by atoms with E-state index in [2.05, 4.69) is 11.9 Å². The van der Waals surface area contributed by atoms with Crippen LogP contribution in [-0.4, -0.2) is 25.5 Å². The van der Waals surface area contributed by atoms with Gasteiger partial charge in [-0.2, -0.15) is 0 Å².